The fraction of sp³-hybridized carbons (Fsp3) is 0.412. The van der Waals surface area contributed by atoms with Gasteiger partial charge < -0.3 is 19.7 Å². The van der Waals surface area contributed by atoms with Crippen molar-refractivity contribution in [3.05, 3.63) is 41.5 Å². The van der Waals surface area contributed by atoms with Crippen LogP contribution in [0.4, 0.5) is 0 Å². The van der Waals surface area contributed by atoms with Crippen LogP contribution in [0.3, 0.4) is 0 Å². The highest BCUT2D eigenvalue weighted by Gasteiger charge is 2.24. The molecule has 0 saturated carbocycles. The van der Waals surface area contributed by atoms with Crippen molar-refractivity contribution in [3.8, 4) is 5.75 Å². The van der Waals surface area contributed by atoms with Crippen molar-refractivity contribution in [3.63, 3.8) is 0 Å². The molecule has 1 amide bonds. The number of unbranched alkanes of at least 4 members (excludes halogenated alkanes) is 1. The van der Waals surface area contributed by atoms with Crippen LogP contribution in [0, 0.1) is 6.92 Å². The van der Waals surface area contributed by atoms with E-state index in [1.165, 1.54) is 0 Å². The van der Waals surface area contributed by atoms with Gasteiger partial charge in [-0.25, -0.2) is 0 Å². The number of aryl methyl sites for hydroxylation is 1. The number of hydrogen-bond donors (Lipinski definition) is 2. The molecule has 8 nitrogen and oxygen atoms in total. The smallest absolute Gasteiger partial charge is 0.303 e. The molecule has 25 heavy (non-hydrogen) atoms. The highest BCUT2D eigenvalue weighted by molar-refractivity contribution is 5.77. The number of carbonyl (C=O) groups excluding carboxylic acids is 1. The Bertz CT molecular complexity index is 729. The van der Waals surface area contributed by atoms with Gasteiger partial charge in [-0.1, -0.05) is 23.4 Å². The van der Waals surface area contributed by atoms with Gasteiger partial charge in [0.25, 0.3) is 0 Å². The molecule has 0 aliphatic carbocycles. The number of benzene rings is 1. The zero-order chi connectivity index (χ0) is 18.2. The number of amides is 1. The highest BCUT2D eigenvalue weighted by atomic mass is 16.5. The van der Waals surface area contributed by atoms with Gasteiger partial charge in [0.15, 0.2) is 5.82 Å². The number of nitrogens with zero attached hydrogens (tertiary/aromatic N) is 2. The predicted octanol–water partition coefficient (Wildman–Crippen LogP) is 2.24. The van der Waals surface area contributed by atoms with Gasteiger partial charge in [-0.2, -0.15) is 4.98 Å². The van der Waals surface area contributed by atoms with Crippen LogP contribution in [-0.4, -0.2) is 34.2 Å². The number of aliphatic carboxylic acids is 1. The SMILES string of the molecule is COc1ccccc1C(NC(=O)CCCCC(=O)O)c1noc(C)n1. The molecule has 2 N–H and O–H groups in total. The fourth-order valence-electron chi connectivity index (χ4n) is 2.41. The number of nitrogens with one attached hydrogen (secondary N) is 1. The summed E-state index contributed by atoms with van der Waals surface area (Å²) in [5.74, 6) is 0.242. The van der Waals surface area contributed by atoms with Crippen molar-refractivity contribution in [2.24, 2.45) is 0 Å². The van der Waals surface area contributed by atoms with Gasteiger partial charge in [-0.05, 0) is 18.9 Å². The molecule has 0 spiro atoms. The number of carboxylic acid groups (broad SMARTS) is 1. The molecule has 0 aliphatic heterocycles. The zero-order valence-corrected chi connectivity index (χ0v) is 14.2. The largest absolute Gasteiger partial charge is 0.496 e. The highest BCUT2D eigenvalue weighted by Crippen LogP contribution is 2.28. The molecular weight excluding hydrogens is 326 g/mol. The summed E-state index contributed by atoms with van der Waals surface area (Å²) in [6.45, 7) is 1.67. The number of para-hydroxylation sites is 1. The van der Waals surface area contributed by atoms with E-state index in [2.05, 4.69) is 15.5 Å². The summed E-state index contributed by atoms with van der Waals surface area (Å²) in [5, 5.41) is 15.4. The Hall–Kier alpha value is -2.90. The number of ether oxygens (including phenoxy) is 1. The van der Waals surface area contributed by atoms with E-state index in [9.17, 15) is 9.59 Å². The quantitative estimate of drug-likeness (QED) is 0.668. The first kappa shape index (κ1) is 18.4. The van der Waals surface area contributed by atoms with E-state index in [4.69, 9.17) is 14.4 Å². The summed E-state index contributed by atoms with van der Waals surface area (Å²) < 4.78 is 10.4. The van der Waals surface area contributed by atoms with E-state index in [0.29, 0.717) is 35.9 Å². The first-order chi connectivity index (χ1) is 12.0. The molecular formula is C17H21N3O5. The van der Waals surface area contributed by atoms with E-state index >= 15 is 0 Å². The number of carboxylic acids is 1. The Morgan fingerprint density at radius 3 is 2.64 bits per heavy atom. The summed E-state index contributed by atoms with van der Waals surface area (Å²) in [7, 11) is 1.55. The van der Waals surface area contributed by atoms with Crippen LogP contribution in [0.5, 0.6) is 5.75 Å². The number of aromatic nitrogens is 2. The van der Waals surface area contributed by atoms with Crippen molar-refractivity contribution in [2.45, 2.75) is 38.6 Å². The lowest BCUT2D eigenvalue weighted by Gasteiger charge is -2.18. The predicted molar refractivity (Wildman–Crippen MR) is 88.1 cm³/mol. The molecule has 0 fully saturated rings. The molecule has 1 atom stereocenters. The molecule has 1 unspecified atom stereocenters. The van der Waals surface area contributed by atoms with Gasteiger partial charge >= 0.3 is 5.97 Å². The molecule has 0 saturated heterocycles. The lowest BCUT2D eigenvalue weighted by atomic mass is 10.0. The van der Waals surface area contributed by atoms with Crippen molar-refractivity contribution in [2.75, 3.05) is 7.11 Å². The standard InChI is InChI=1S/C17H21N3O5/c1-11-18-17(20-25-11)16(12-7-3-4-8-13(12)24-2)19-14(21)9-5-6-10-15(22)23/h3-4,7-8,16H,5-6,9-10H2,1-2H3,(H,19,21)(H,22,23). The molecule has 0 bridgehead atoms. The minimum absolute atomic E-state index is 0.0489. The fourth-order valence-corrected chi connectivity index (χ4v) is 2.41. The topological polar surface area (TPSA) is 115 Å². The third-order valence-electron chi connectivity index (χ3n) is 3.60. The summed E-state index contributed by atoms with van der Waals surface area (Å²) in [4.78, 5) is 27.0. The Labute approximate surface area is 145 Å². The van der Waals surface area contributed by atoms with Gasteiger partial charge in [0.2, 0.25) is 11.8 Å². The lowest BCUT2D eigenvalue weighted by Crippen LogP contribution is -2.30. The van der Waals surface area contributed by atoms with E-state index in [1.807, 2.05) is 18.2 Å². The van der Waals surface area contributed by atoms with E-state index < -0.39 is 12.0 Å². The van der Waals surface area contributed by atoms with E-state index in [0.717, 1.165) is 0 Å². The van der Waals surface area contributed by atoms with Crippen LogP contribution in [0.2, 0.25) is 0 Å². The van der Waals surface area contributed by atoms with Gasteiger partial charge in [0.05, 0.1) is 7.11 Å². The summed E-state index contributed by atoms with van der Waals surface area (Å²) >= 11 is 0. The van der Waals surface area contributed by atoms with Gasteiger partial charge in [-0.3, -0.25) is 9.59 Å². The van der Waals surface area contributed by atoms with Crippen LogP contribution in [0.25, 0.3) is 0 Å². The summed E-state index contributed by atoms with van der Waals surface area (Å²) in [6.07, 6.45) is 1.20. The van der Waals surface area contributed by atoms with Gasteiger partial charge in [-0.15, -0.1) is 0 Å². The van der Waals surface area contributed by atoms with Crippen molar-refractivity contribution in [1.29, 1.82) is 0 Å². The molecule has 0 radical (unpaired) electrons. The first-order valence-corrected chi connectivity index (χ1v) is 7.95. The minimum atomic E-state index is -0.866. The molecule has 1 heterocycles. The number of carbonyl (C=O) groups is 2. The molecule has 1 aromatic heterocycles. The van der Waals surface area contributed by atoms with E-state index in [1.54, 1.807) is 20.1 Å². The monoisotopic (exact) mass is 347 g/mol. The van der Waals surface area contributed by atoms with Gasteiger partial charge in [0, 0.05) is 25.3 Å². The van der Waals surface area contributed by atoms with Crippen LogP contribution >= 0.6 is 0 Å². The normalized spacial score (nSPS) is 11.8. The number of hydrogen-bond acceptors (Lipinski definition) is 6. The molecule has 134 valence electrons. The third kappa shape index (κ3) is 5.30. The molecule has 2 aromatic rings. The average Bonchev–Trinajstić information content (AvgIpc) is 3.02. The Morgan fingerprint density at radius 2 is 2.00 bits per heavy atom. The second-order valence-corrected chi connectivity index (χ2v) is 5.51. The summed E-state index contributed by atoms with van der Waals surface area (Å²) in [6, 6.07) is 6.65. The number of rotatable bonds is 9. The van der Waals surface area contributed by atoms with Crippen molar-refractivity contribution >= 4 is 11.9 Å². The lowest BCUT2D eigenvalue weighted by molar-refractivity contribution is -0.137. The Kier molecular flexibility index (Phi) is 6.50. The maximum absolute atomic E-state index is 12.3. The Morgan fingerprint density at radius 1 is 1.28 bits per heavy atom. The minimum Gasteiger partial charge on any atom is -0.496 e. The molecule has 2 rings (SSSR count). The van der Waals surface area contributed by atoms with Crippen LogP contribution in [0.1, 0.15) is 49.0 Å². The molecule has 0 aliphatic rings. The number of methoxy groups -OCH3 is 1. The molecule has 1 aromatic carbocycles. The van der Waals surface area contributed by atoms with Crippen molar-refractivity contribution < 1.29 is 24.0 Å². The zero-order valence-electron chi connectivity index (χ0n) is 14.2. The van der Waals surface area contributed by atoms with Crippen molar-refractivity contribution in [1.82, 2.24) is 15.5 Å². The van der Waals surface area contributed by atoms with Gasteiger partial charge in [0.1, 0.15) is 11.8 Å². The maximum Gasteiger partial charge on any atom is 0.303 e. The second kappa shape index (κ2) is 8.81. The Balaban J connectivity index is 2.13. The van der Waals surface area contributed by atoms with Crippen LogP contribution in [-0.2, 0) is 9.59 Å². The first-order valence-electron chi connectivity index (χ1n) is 7.95. The summed E-state index contributed by atoms with van der Waals surface area (Å²) in [5.41, 5.74) is 0.713. The third-order valence-corrected chi connectivity index (χ3v) is 3.60. The second-order valence-electron chi connectivity index (χ2n) is 5.51. The van der Waals surface area contributed by atoms with E-state index in [-0.39, 0.29) is 18.7 Å². The molecule has 8 heteroatoms. The average molecular weight is 347 g/mol. The van der Waals surface area contributed by atoms with Crippen LogP contribution < -0.4 is 10.1 Å². The maximum atomic E-state index is 12.3. The van der Waals surface area contributed by atoms with Crippen LogP contribution in [0.15, 0.2) is 28.8 Å².